The number of piperazine rings is 1. The van der Waals surface area contributed by atoms with Crippen LogP contribution in [0, 0.1) is 17.1 Å². The van der Waals surface area contributed by atoms with Crippen LogP contribution >= 0.6 is 11.6 Å². The lowest BCUT2D eigenvalue weighted by Crippen LogP contribution is -2.56. The number of nitriles is 1. The number of nitrogens with zero attached hydrogens (tertiary/aromatic N) is 2. The Morgan fingerprint density at radius 3 is 2.63 bits per heavy atom. The molecule has 2 aliphatic rings. The molecule has 0 saturated carbocycles. The number of rotatable bonds is 4. The maximum absolute atomic E-state index is 14.3. The van der Waals surface area contributed by atoms with E-state index in [4.69, 9.17) is 21.5 Å². The Kier molecular flexibility index (Phi) is 5.46. The number of hydrogen-bond acceptors (Lipinski definition) is 6. The molecular formula is C20H20ClFN4O3S. The maximum atomic E-state index is 14.3. The minimum atomic E-state index is -4.38. The summed E-state index contributed by atoms with van der Waals surface area (Å²) in [6.07, 6.45) is -0.499. The van der Waals surface area contributed by atoms with Crippen molar-refractivity contribution < 1.29 is 17.5 Å². The molecule has 3 N–H and O–H groups in total. The van der Waals surface area contributed by atoms with Gasteiger partial charge in [-0.25, -0.2) is 17.9 Å². The molecule has 2 atom stereocenters. The minimum Gasteiger partial charge on any atom is -0.481 e. The highest BCUT2D eigenvalue weighted by Crippen LogP contribution is 2.50. The third-order valence-electron chi connectivity index (χ3n) is 5.54. The molecule has 158 valence electrons. The minimum absolute atomic E-state index is 0.210. The van der Waals surface area contributed by atoms with E-state index in [0.29, 0.717) is 30.6 Å². The topological polar surface area (TPSA) is 108 Å². The summed E-state index contributed by atoms with van der Waals surface area (Å²) in [6.45, 7) is 2.74. The van der Waals surface area contributed by atoms with Crippen LogP contribution in [0.2, 0.25) is 0 Å². The SMILES string of the molecule is N#Cc1cccc2c1C[C@@](Cl)(N1CCNCC1)[C@H]2Oc1cccc(F)c1S(N)(=O)=O. The van der Waals surface area contributed by atoms with Gasteiger partial charge in [0.25, 0.3) is 0 Å². The molecule has 1 heterocycles. The van der Waals surface area contributed by atoms with Crippen molar-refractivity contribution in [2.45, 2.75) is 22.4 Å². The van der Waals surface area contributed by atoms with E-state index >= 15 is 0 Å². The summed E-state index contributed by atoms with van der Waals surface area (Å²) in [5.41, 5.74) is 1.89. The zero-order valence-electron chi connectivity index (χ0n) is 15.9. The molecule has 1 aliphatic carbocycles. The summed E-state index contributed by atoms with van der Waals surface area (Å²) < 4.78 is 44.5. The fourth-order valence-electron chi connectivity index (χ4n) is 4.18. The van der Waals surface area contributed by atoms with Crippen molar-refractivity contribution in [1.29, 1.82) is 5.26 Å². The van der Waals surface area contributed by atoms with Crippen molar-refractivity contribution in [2.24, 2.45) is 5.14 Å². The van der Waals surface area contributed by atoms with Crippen LogP contribution in [0.15, 0.2) is 41.3 Å². The zero-order valence-corrected chi connectivity index (χ0v) is 17.5. The van der Waals surface area contributed by atoms with Gasteiger partial charge in [-0.1, -0.05) is 29.8 Å². The molecule has 1 fully saturated rings. The van der Waals surface area contributed by atoms with E-state index in [-0.39, 0.29) is 5.75 Å². The van der Waals surface area contributed by atoms with Gasteiger partial charge in [-0.3, -0.25) is 4.90 Å². The molecule has 2 aromatic carbocycles. The van der Waals surface area contributed by atoms with Crippen LogP contribution in [0.25, 0.3) is 0 Å². The largest absolute Gasteiger partial charge is 0.481 e. The monoisotopic (exact) mass is 450 g/mol. The maximum Gasteiger partial charge on any atom is 0.244 e. The summed E-state index contributed by atoms with van der Waals surface area (Å²) in [5, 5.41) is 18.0. The predicted molar refractivity (Wildman–Crippen MR) is 109 cm³/mol. The van der Waals surface area contributed by atoms with Gasteiger partial charge in [0, 0.05) is 38.2 Å². The van der Waals surface area contributed by atoms with Crippen molar-refractivity contribution in [2.75, 3.05) is 26.2 Å². The highest BCUT2D eigenvalue weighted by Gasteiger charge is 2.52. The molecule has 0 radical (unpaired) electrons. The first-order valence-corrected chi connectivity index (χ1v) is 11.3. The van der Waals surface area contributed by atoms with Gasteiger partial charge in [0.2, 0.25) is 10.0 Å². The number of benzene rings is 2. The molecule has 2 aromatic rings. The molecule has 0 bridgehead atoms. The van der Waals surface area contributed by atoms with E-state index in [1.54, 1.807) is 18.2 Å². The summed E-state index contributed by atoms with van der Waals surface area (Å²) in [7, 11) is -4.38. The normalized spacial score (nSPS) is 24.3. The Balaban J connectivity index is 1.84. The molecule has 1 aliphatic heterocycles. The Morgan fingerprint density at radius 2 is 1.97 bits per heavy atom. The van der Waals surface area contributed by atoms with E-state index in [0.717, 1.165) is 24.7 Å². The number of nitrogens with one attached hydrogen (secondary N) is 1. The van der Waals surface area contributed by atoms with Crippen molar-refractivity contribution >= 4 is 21.6 Å². The Bertz CT molecular complexity index is 1130. The summed E-state index contributed by atoms with van der Waals surface area (Å²) in [4.78, 5) is 0.265. The Labute approximate surface area is 179 Å². The third-order valence-corrected chi connectivity index (χ3v) is 7.08. The number of sulfonamides is 1. The van der Waals surface area contributed by atoms with Crippen LogP contribution in [0.1, 0.15) is 22.8 Å². The molecule has 0 aromatic heterocycles. The van der Waals surface area contributed by atoms with Crippen LogP contribution in [0.4, 0.5) is 4.39 Å². The first kappa shape index (κ1) is 21.0. The van der Waals surface area contributed by atoms with Gasteiger partial charge < -0.3 is 10.1 Å². The summed E-state index contributed by atoms with van der Waals surface area (Å²) in [5.74, 6) is -1.21. The van der Waals surface area contributed by atoms with Gasteiger partial charge in [-0.15, -0.1) is 0 Å². The number of alkyl halides is 1. The van der Waals surface area contributed by atoms with Gasteiger partial charge >= 0.3 is 0 Å². The second kappa shape index (κ2) is 7.80. The van der Waals surface area contributed by atoms with Crippen LogP contribution in [0.5, 0.6) is 5.75 Å². The van der Waals surface area contributed by atoms with E-state index in [9.17, 15) is 18.1 Å². The number of halogens is 2. The summed E-state index contributed by atoms with van der Waals surface area (Å²) in [6, 6.07) is 11.1. The van der Waals surface area contributed by atoms with Crippen LogP contribution < -0.4 is 15.2 Å². The first-order valence-electron chi connectivity index (χ1n) is 9.40. The van der Waals surface area contributed by atoms with E-state index < -0.39 is 31.8 Å². The van der Waals surface area contributed by atoms with E-state index in [1.165, 1.54) is 12.1 Å². The zero-order chi connectivity index (χ0) is 21.5. The summed E-state index contributed by atoms with van der Waals surface area (Å²) >= 11 is 7.16. The average molecular weight is 451 g/mol. The number of ether oxygens (including phenoxy) is 1. The molecule has 0 amide bonds. The van der Waals surface area contributed by atoms with Crippen LogP contribution in [-0.4, -0.2) is 44.5 Å². The highest BCUT2D eigenvalue weighted by atomic mass is 35.5. The van der Waals surface area contributed by atoms with Crippen LogP contribution in [-0.2, 0) is 16.4 Å². The van der Waals surface area contributed by atoms with Crippen molar-refractivity contribution in [1.82, 2.24) is 10.2 Å². The second-order valence-electron chi connectivity index (χ2n) is 7.33. The van der Waals surface area contributed by atoms with Gasteiger partial charge in [-0.2, -0.15) is 5.26 Å². The van der Waals surface area contributed by atoms with Gasteiger partial charge in [-0.05, 0) is 23.8 Å². The van der Waals surface area contributed by atoms with Gasteiger partial charge in [0.1, 0.15) is 16.6 Å². The highest BCUT2D eigenvalue weighted by molar-refractivity contribution is 7.89. The van der Waals surface area contributed by atoms with Crippen molar-refractivity contribution in [3.8, 4) is 11.8 Å². The average Bonchev–Trinajstić information content (AvgIpc) is 3.00. The molecule has 30 heavy (non-hydrogen) atoms. The lowest BCUT2D eigenvalue weighted by molar-refractivity contribution is 0.0389. The smallest absolute Gasteiger partial charge is 0.244 e. The number of fused-ring (bicyclic) bond motifs is 1. The molecule has 10 heteroatoms. The predicted octanol–water partition coefficient (Wildman–Crippen LogP) is 1.86. The first-order chi connectivity index (χ1) is 14.3. The van der Waals surface area contributed by atoms with Crippen molar-refractivity contribution in [3.63, 3.8) is 0 Å². The third kappa shape index (κ3) is 3.55. The molecule has 0 unspecified atom stereocenters. The number of primary sulfonamides is 1. The van der Waals surface area contributed by atoms with Gasteiger partial charge in [0.05, 0.1) is 11.6 Å². The molecule has 0 spiro atoms. The Hall–Kier alpha value is -2.22. The van der Waals surface area contributed by atoms with E-state index in [1.807, 2.05) is 4.90 Å². The quantitative estimate of drug-likeness (QED) is 0.543. The second-order valence-corrected chi connectivity index (χ2v) is 9.48. The molecular weight excluding hydrogens is 431 g/mol. The van der Waals surface area contributed by atoms with Gasteiger partial charge in [0.15, 0.2) is 11.0 Å². The standard InChI is InChI=1S/C20H20ClFN4O3S/c21-20(26-9-7-25-8-10-26)11-15-13(12-23)3-1-4-14(15)19(20)29-17-6-2-5-16(22)18(17)30(24,27)28/h1-6,19,25H,7-11H2,(H2,24,27,28)/t19-,20+/m0/s1. The lowest BCUT2D eigenvalue weighted by Gasteiger charge is -2.42. The Morgan fingerprint density at radius 1 is 1.27 bits per heavy atom. The molecule has 4 rings (SSSR count). The molecule has 7 nitrogen and oxygen atoms in total. The van der Waals surface area contributed by atoms with Crippen LogP contribution in [0.3, 0.4) is 0 Å². The fourth-order valence-corrected chi connectivity index (χ4v) is 5.39. The fraction of sp³-hybridized carbons (Fsp3) is 0.350. The number of nitrogens with two attached hydrogens (primary N) is 1. The van der Waals surface area contributed by atoms with E-state index in [2.05, 4.69) is 11.4 Å². The molecule has 1 saturated heterocycles. The number of hydrogen-bond donors (Lipinski definition) is 2. The lowest BCUT2D eigenvalue weighted by atomic mass is 10.0. The van der Waals surface area contributed by atoms with Crippen molar-refractivity contribution in [3.05, 3.63) is 58.9 Å².